The molecule has 0 aromatic rings. The lowest BCUT2D eigenvalue weighted by atomic mass is 9.89. The first-order valence-corrected chi connectivity index (χ1v) is 4.20. The molecule has 0 aromatic carbocycles. The van der Waals surface area contributed by atoms with E-state index in [1.165, 1.54) is 0 Å². The maximum atomic E-state index is 8.81. The van der Waals surface area contributed by atoms with Crippen molar-refractivity contribution in [2.45, 2.75) is 24.9 Å². The number of ether oxygens (including phenoxy) is 1. The zero-order chi connectivity index (χ0) is 8.16. The molecule has 12 heavy (non-hydrogen) atoms. The third kappa shape index (κ3) is 2.90. The van der Waals surface area contributed by atoms with E-state index >= 15 is 0 Å². The Kier molecular flexibility index (Phi) is 5.84. The number of hydrogen-bond donors (Lipinski definition) is 2. The Morgan fingerprint density at radius 1 is 1.42 bits per heavy atom. The Balaban J connectivity index is 0.00000121. The van der Waals surface area contributed by atoms with Crippen LogP contribution in [0, 0.1) is 0 Å². The van der Waals surface area contributed by atoms with Crippen LogP contribution in [-0.4, -0.2) is 37.5 Å². The summed E-state index contributed by atoms with van der Waals surface area (Å²) in [7, 11) is 1.74. The normalized spacial score (nSPS) is 21.5. The second kappa shape index (κ2) is 5.75. The molecule has 4 heteroatoms. The first-order chi connectivity index (χ1) is 5.33. The van der Waals surface area contributed by atoms with E-state index in [9.17, 15) is 0 Å². The molecule has 1 heterocycles. The topological polar surface area (TPSA) is 41.5 Å². The zero-order valence-corrected chi connectivity index (χ0v) is 8.32. The molecule has 1 saturated heterocycles. The van der Waals surface area contributed by atoms with E-state index in [0.717, 1.165) is 32.4 Å². The second-order valence-electron chi connectivity index (χ2n) is 3.11. The minimum absolute atomic E-state index is 0. The molecular formula is C8H18ClNO2. The van der Waals surface area contributed by atoms with Crippen LogP contribution in [0.3, 0.4) is 0 Å². The SMILES string of the molecule is COC1(CCO)CCNCC1.Cl. The maximum absolute atomic E-state index is 8.81. The summed E-state index contributed by atoms with van der Waals surface area (Å²) in [6.07, 6.45) is 2.80. The van der Waals surface area contributed by atoms with Crippen molar-refractivity contribution in [3.05, 3.63) is 0 Å². The van der Waals surface area contributed by atoms with E-state index < -0.39 is 0 Å². The van der Waals surface area contributed by atoms with Gasteiger partial charge < -0.3 is 15.2 Å². The maximum Gasteiger partial charge on any atom is 0.0724 e. The summed E-state index contributed by atoms with van der Waals surface area (Å²) in [6.45, 7) is 2.25. The Hall–Kier alpha value is 0.170. The molecule has 1 rings (SSSR count). The lowest BCUT2D eigenvalue weighted by Crippen LogP contribution is -2.43. The first-order valence-electron chi connectivity index (χ1n) is 4.20. The Morgan fingerprint density at radius 3 is 2.42 bits per heavy atom. The number of halogens is 1. The van der Waals surface area contributed by atoms with Gasteiger partial charge >= 0.3 is 0 Å². The van der Waals surface area contributed by atoms with Crippen molar-refractivity contribution in [3.8, 4) is 0 Å². The van der Waals surface area contributed by atoms with Crippen LogP contribution in [0.15, 0.2) is 0 Å². The molecule has 3 nitrogen and oxygen atoms in total. The monoisotopic (exact) mass is 195 g/mol. The fourth-order valence-corrected chi connectivity index (χ4v) is 1.64. The van der Waals surface area contributed by atoms with E-state index in [1.807, 2.05) is 0 Å². The smallest absolute Gasteiger partial charge is 0.0724 e. The minimum atomic E-state index is -0.0417. The van der Waals surface area contributed by atoms with E-state index in [-0.39, 0.29) is 24.6 Å². The molecule has 0 aliphatic carbocycles. The number of nitrogens with one attached hydrogen (secondary N) is 1. The molecule has 0 radical (unpaired) electrons. The standard InChI is InChI=1S/C8H17NO2.ClH/c1-11-8(4-7-10)2-5-9-6-3-8;/h9-10H,2-7H2,1H3;1H. The van der Waals surface area contributed by atoms with Crippen LogP contribution in [0.1, 0.15) is 19.3 Å². The first kappa shape index (κ1) is 12.2. The van der Waals surface area contributed by atoms with Gasteiger partial charge in [0.1, 0.15) is 0 Å². The Morgan fingerprint density at radius 2 is 2.00 bits per heavy atom. The van der Waals surface area contributed by atoms with Gasteiger partial charge in [-0.05, 0) is 32.4 Å². The van der Waals surface area contributed by atoms with Crippen LogP contribution in [0.4, 0.5) is 0 Å². The van der Waals surface area contributed by atoms with Crippen LogP contribution in [0.25, 0.3) is 0 Å². The number of piperidine rings is 1. The summed E-state index contributed by atoms with van der Waals surface area (Å²) >= 11 is 0. The number of aliphatic hydroxyl groups is 1. The van der Waals surface area contributed by atoms with Gasteiger partial charge in [0, 0.05) is 13.7 Å². The predicted octanol–water partition coefficient (Wildman–Crippen LogP) is 0.559. The average molecular weight is 196 g/mol. The fraction of sp³-hybridized carbons (Fsp3) is 1.00. The van der Waals surface area contributed by atoms with Crippen LogP contribution < -0.4 is 5.32 Å². The molecule has 1 aliphatic rings. The van der Waals surface area contributed by atoms with E-state index in [4.69, 9.17) is 9.84 Å². The molecule has 0 atom stereocenters. The average Bonchev–Trinajstić information content (AvgIpc) is 2.07. The van der Waals surface area contributed by atoms with Gasteiger partial charge in [-0.1, -0.05) is 0 Å². The van der Waals surface area contributed by atoms with Crippen molar-refractivity contribution in [1.82, 2.24) is 5.32 Å². The van der Waals surface area contributed by atoms with Gasteiger partial charge in [0.15, 0.2) is 0 Å². The number of methoxy groups -OCH3 is 1. The van der Waals surface area contributed by atoms with Crippen molar-refractivity contribution in [2.24, 2.45) is 0 Å². The lowest BCUT2D eigenvalue weighted by Gasteiger charge is -2.35. The van der Waals surface area contributed by atoms with Crippen LogP contribution >= 0.6 is 12.4 Å². The minimum Gasteiger partial charge on any atom is -0.396 e. The largest absolute Gasteiger partial charge is 0.396 e. The van der Waals surface area contributed by atoms with Crippen molar-refractivity contribution < 1.29 is 9.84 Å². The summed E-state index contributed by atoms with van der Waals surface area (Å²) in [5.41, 5.74) is -0.0417. The zero-order valence-electron chi connectivity index (χ0n) is 7.51. The fourth-order valence-electron chi connectivity index (χ4n) is 1.64. The van der Waals surface area contributed by atoms with Gasteiger partial charge in [-0.2, -0.15) is 0 Å². The van der Waals surface area contributed by atoms with E-state index in [0.29, 0.717) is 0 Å². The van der Waals surface area contributed by atoms with Crippen molar-refractivity contribution >= 4 is 12.4 Å². The Bertz CT molecular complexity index is 110. The van der Waals surface area contributed by atoms with Gasteiger partial charge in [0.05, 0.1) is 5.60 Å². The highest BCUT2D eigenvalue weighted by molar-refractivity contribution is 5.85. The third-order valence-electron chi connectivity index (χ3n) is 2.52. The molecule has 0 amide bonds. The Labute approximate surface area is 79.9 Å². The van der Waals surface area contributed by atoms with Gasteiger partial charge in [-0.25, -0.2) is 0 Å². The number of hydrogen-bond acceptors (Lipinski definition) is 3. The van der Waals surface area contributed by atoms with Crippen molar-refractivity contribution in [1.29, 1.82) is 0 Å². The van der Waals surface area contributed by atoms with E-state index in [1.54, 1.807) is 7.11 Å². The predicted molar refractivity (Wildman–Crippen MR) is 50.8 cm³/mol. The van der Waals surface area contributed by atoms with Crippen LogP contribution in [0.5, 0.6) is 0 Å². The molecule has 2 N–H and O–H groups in total. The van der Waals surface area contributed by atoms with Gasteiger partial charge in [-0.15, -0.1) is 12.4 Å². The number of aliphatic hydroxyl groups excluding tert-OH is 1. The lowest BCUT2D eigenvalue weighted by molar-refractivity contribution is -0.0495. The molecule has 1 fully saturated rings. The second-order valence-corrected chi connectivity index (χ2v) is 3.11. The molecule has 1 aliphatic heterocycles. The van der Waals surface area contributed by atoms with Crippen molar-refractivity contribution in [2.75, 3.05) is 26.8 Å². The molecule has 0 saturated carbocycles. The summed E-state index contributed by atoms with van der Waals surface area (Å²) in [6, 6.07) is 0. The molecular weight excluding hydrogens is 178 g/mol. The van der Waals surface area contributed by atoms with Crippen molar-refractivity contribution in [3.63, 3.8) is 0 Å². The van der Waals surface area contributed by atoms with Gasteiger partial charge in [-0.3, -0.25) is 0 Å². The molecule has 0 spiro atoms. The molecule has 0 aromatic heterocycles. The molecule has 0 unspecified atom stereocenters. The highest BCUT2D eigenvalue weighted by Gasteiger charge is 2.30. The number of rotatable bonds is 3. The molecule has 74 valence electrons. The highest BCUT2D eigenvalue weighted by atomic mass is 35.5. The summed E-state index contributed by atoms with van der Waals surface area (Å²) in [5.74, 6) is 0. The summed E-state index contributed by atoms with van der Waals surface area (Å²) < 4.78 is 5.42. The van der Waals surface area contributed by atoms with E-state index in [2.05, 4.69) is 5.32 Å². The molecule has 0 bridgehead atoms. The highest BCUT2D eigenvalue weighted by Crippen LogP contribution is 2.25. The summed E-state index contributed by atoms with van der Waals surface area (Å²) in [5, 5.41) is 12.1. The van der Waals surface area contributed by atoms with Gasteiger partial charge in [0.2, 0.25) is 0 Å². The van der Waals surface area contributed by atoms with Crippen LogP contribution in [-0.2, 0) is 4.74 Å². The van der Waals surface area contributed by atoms with Crippen LogP contribution in [0.2, 0.25) is 0 Å². The third-order valence-corrected chi connectivity index (χ3v) is 2.52. The van der Waals surface area contributed by atoms with Gasteiger partial charge in [0.25, 0.3) is 0 Å². The quantitative estimate of drug-likeness (QED) is 0.692. The summed E-state index contributed by atoms with van der Waals surface area (Å²) in [4.78, 5) is 0.